The quantitative estimate of drug-likeness (QED) is 0.199. The molecule has 0 radical (unpaired) electrons. The van der Waals surface area contributed by atoms with Gasteiger partial charge >= 0.3 is 0 Å². The van der Waals surface area contributed by atoms with Gasteiger partial charge in [-0.3, -0.25) is 18.7 Å². The van der Waals surface area contributed by atoms with Crippen LogP contribution in [0, 0.1) is 23.5 Å². The van der Waals surface area contributed by atoms with Crippen molar-refractivity contribution in [1.29, 1.82) is 0 Å². The smallest absolute Gasteiger partial charge is 0.261 e. The fraction of sp³-hybridized carbons (Fsp3) is 0.268. The Balaban J connectivity index is 0.000000165. The van der Waals surface area contributed by atoms with Crippen molar-refractivity contribution in [3.8, 4) is 0 Å². The summed E-state index contributed by atoms with van der Waals surface area (Å²) in [5.74, 6) is 2.22. The van der Waals surface area contributed by atoms with Crippen molar-refractivity contribution in [2.45, 2.75) is 52.6 Å². The van der Waals surface area contributed by atoms with Crippen LogP contribution >= 0.6 is 0 Å². The van der Waals surface area contributed by atoms with Gasteiger partial charge in [-0.15, -0.1) is 0 Å². The Kier molecular flexibility index (Phi) is 10.4. The molecule has 0 spiro atoms. The zero-order valence-electron chi connectivity index (χ0n) is 28.4. The van der Waals surface area contributed by atoms with Crippen molar-refractivity contribution in [3.05, 3.63) is 151 Å². The lowest BCUT2D eigenvalue weighted by Gasteiger charge is -2.07. The highest BCUT2D eigenvalue weighted by molar-refractivity contribution is 5.82. The van der Waals surface area contributed by atoms with E-state index in [1.807, 2.05) is 60.7 Å². The lowest BCUT2D eigenvalue weighted by molar-refractivity contribution is 0.399. The Morgan fingerprint density at radius 2 is 1.16 bits per heavy atom. The molecule has 2 atom stereocenters. The lowest BCUT2D eigenvalue weighted by Crippen LogP contribution is -2.21. The number of aromatic nitrogens is 4. The van der Waals surface area contributed by atoms with Gasteiger partial charge in [-0.25, -0.2) is 18.7 Å². The predicted octanol–water partition coefficient (Wildman–Crippen LogP) is 7.02. The Labute approximate surface area is 289 Å². The van der Waals surface area contributed by atoms with Gasteiger partial charge in [-0.2, -0.15) is 0 Å². The molecule has 7 nitrogen and oxygen atoms in total. The summed E-state index contributed by atoms with van der Waals surface area (Å²) in [4.78, 5) is 34.5. The van der Waals surface area contributed by atoms with E-state index in [2.05, 4.69) is 18.8 Å². The van der Waals surface area contributed by atoms with Gasteiger partial charge in [0, 0.05) is 33.0 Å². The zero-order valence-corrected chi connectivity index (χ0v) is 28.4. The molecule has 2 unspecified atom stereocenters. The van der Waals surface area contributed by atoms with Gasteiger partial charge in [0.05, 0.1) is 21.8 Å². The molecule has 0 bridgehead atoms. The van der Waals surface area contributed by atoms with Gasteiger partial charge in [0.25, 0.3) is 11.1 Å². The zero-order chi connectivity index (χ0) is 35.4. The van der Waals surface area contributed by atoms with E-state index in [4.69, 9.17) is 10.1 Å². The second-order valence-corrected chi connectivity index (χ2v) is 13.2. The van der Waals surface area contributed by atoms with Crippen LogP contribution in [0.4, 0.5) is 8.78 Å². The molecule has 8 rings (SSSR count). The first kappa shape index (κ1) is 34.6. The largest absolute Gasteiger partial charge is 0.400 e. The predicted molar refractivity (Wildman–Crippen MR) is 195 cm³/mol. The molecule has 256 valence electrons. The Bertz CT molecular complexity index is 2330. The van der Waals surface area contributed by atoms with E-state index in [1.54, 1.807) is 27.3 Å². The first-order chi connectivity index (χ1) is 24.2. The third kappa shape index (κ3) is 7.63. The Morgan fingerprint density at radius 3 is 1.74 bits per heavy atom. The second-order valence-electron chi connectivity index (χ2n) is 13.2. The van der Waals surface area contributed by atoms with Gasteiger partial charge in [-0.05, 0) is 95.5 Å². The van der Waals surface area contributed by atoms with Crippen LogP contribution in [0.3, 0.4) is 0 Å². The van der Waals surface area contributed by atoms with E-state index in [0.29, 0.717) is 22.6 Å². The summed E-state index contributed by atoms with van der Waals surface area (Å²) in [5.41, 5.74) is 5.44. The summed E-state index contributed by atoms with van der Waals surface area (Å²) in [6.07, 6.45) is 7.03. The number of hydrogen-bond donors (Lipinski definition) is 1. The van der Waals surface area contributed by atoms with Crippen LogP contribution in [0.5, 0.6) is 0 Å². The molecule has 0 saturated carbocycles. The van der Waals surface area contributed by atoms with E-state index in [1.165, 1.54) is 18.2 Å². The molecule has 0 aliphatic carbocycles. The van der Waals surface area contributed by atoms with Gasteiger partial charge in [0.15, 0.2) is 0 Å². The number of rotatable bonds is 5. The number of hydrogen-bond acceptors (Lipinski definition) is 5. The normalized spacial score (nSPS) is 16.1. The van der Waals surface area contributed by atoms with Gasteiger partial charge in [0.2, 0.25) is 0 Å². The maximum Gasteiger partial charge on any atom is 0.261 e. The minimum atomic E-state index is -0.255. The van der Waals surface area contributed by atoms with E-state index < -0.39 is 0 Å². The topological polar surface area (TPSA) is 90.0 Å². The highest BCUT2D eigenvalue weighted by Gasteiger charge is 2.22. The summed E-state index contributed by atoms with van der Waals surface area (Å²) in [6, 6.07) is 24.6. The number of aryl methyl sites for hydroxylation is 2. The molecule has 50 heavy (non-hydrogen) atoms. The summed E-state index contributed by atoms with van der Waals surface area (Å²) in [7, 11) is 1.00. The van der Waals surface area contributed by atoms with Crippen LogP contribution in [-0.4, -0.2) is 31.3 Å². The van der Waals surface area contributed by atoms with Crippen LogP contribution in [0.1, 0.15) is 47.8 Å². The van der Waals surface area contributed by atoms with Crippen LogP contribution in [0.2, 0.25) is 0 Å². The molecule has 0 saturated heterocycles. The Hall–Kier alpha value is -5.28. The average Bonchev–Trinajstić information content (AvgIpc) is 3.68. The van der Waals surface area contributed by atoms with E-state index in [0.717, 1.165) is 90.8 Å². The molecular weight excluding hydrogens is 634 g/mol. The van der Waals surface area contributed by atoms with Crippen molar-refractivity contribution < 1.29 is 13.9 Å². The minimum Gasteiger partial charge on any atom is -0.400 e. The molecular formula is C41H40F2N4O3. The molecule has 4 aromatic carbocycles. The van der Waals surface area contributed by atoms with Gasteiger partial charge in [0.1, 0.15) is 23.3 Å². The van der Waals surface area contributed by atoms with Crippen LogP contribution in [0.25, 0.3) is 34.0 Å². The highest BCUT2D eigenvalue weighted by Crippen LogP contribution is 2.22. The van der Waals surface area contributed by atoms with Crippen LogP contribution in [-0.2, 0) is 38.8 Å². The fourth-order valence-electron chi connectivity index (χ4n) is 6.70. The molecule has 4 heterocycles. The van der Waals surface area contributed by atoms with Crippen LogP contribution < -0.4 is 11.1 Å². The summed E-state index contributed by atoms with van der Waals surface area (Å²) in [6.45, 7) is 5.78. The number of aliphatic hydroxyl groups is 1. The maximum atomic E-state index is 13.3. The minimum absolute atomic E-state index is 0.0417. The fourth-order valence-corrected chi connectivity index (χ4v) is 6.70. The van der Waals surface area contributed by atoms with Gasteiger partial charge < -0.3 is 5.11 Å². The third-order valence-electron chi connectivity index (χ3n) is 9.12. The lowest BCUT2D eigenvalue weighted by atomic mass is 10.0. The maximum absolute atomic E-state index is 13.3. The summed E-state index contributed by atoms with van der Waals surface area (Å²) in [5, 5.41) is 8.33. The standard InChI is InChI=1S/C20H19FN2O.C20H17FN2O.CH4O/c2*1-13-9-19-22-18-11-15(6-5-14-3-2-4-16(21)10-14)7-8-17(18)20(24)23(19)12-13;1-2/h2-4,7-8,10-11,13H,5-6,9,12H2,1H3;2-8,10-11,13H,9,12H2,1H3;2H,1H3/b;6-5+;. The van der Waals surface area contributed by atoms with E-state index in [9.17, 15) is 18.4 Å². The van der Waals surface area contributed by atoms with Crippen LogP contribution in [0.15, 0.2) is 94.5 Å². The monoisotopic (exact) mass is 674 g/mol. The number of fused-ring (bicyclic) bond motifs is 4. The van der Waals surface area contributed by atoms with Crippen molar-refractivity contribution in [3.63, 3.8) is 0 Å². The molecule has 9 heteroatoms. The van der Waals surface area contributed by atoms with Crippen molar-refractivity contribution in [1.82, 2.24) is 19.1 Å². The first-order valence-corrected chi connectivity index (χ1v) is 16.9. The molecule has 6 aromatic rings. The highest BCUT2D eigenvalue weighted by atomic mass is 19.1. The molecule has 0 amide bonds. The summed E-state index contributed by atoms with van der Waals surface area (Å²) < 4.78 is 30.1. The van der Waals surface area contributed by atoms with Crippen molar-refractivity contribution >= 4 is 34.0 Å². The number of halogens is 2. The molecule has 2 aliphatic heterocycles. The SMILES string of the molecule is CC1Cc2nc3cc(/C=C/c4cccc(F)c4)ccc3c(=O)n2C1.CC1Cc2nc3cc(CCc4cccc(F)c4)ccc3c(=O)n2C1.CO. The molecule has 1 N–H and O–H groups in total. The average molecular weight is 675 g/mol. The molecule has 2 aliphatic rings. The van der Waals surface area contributed by atoms with E-state index >= 15 is 0 Å². The Morgan fingerprint density at radius 1 is 0.660 bits per heavy atom. The number of nitrogens with zero attached hydrogens (tertiary/aromatic N) is 4. The van der Waals surface area contributed by atoms with E-state index in [-0.39, 0.29) is 22.8 Å². The molecule has 0 fully saturated rings. The summed E-state index contributed by atoms with van der Waals surface area (Å²) >= 11 is 0. The second kappa shape index (κ2) is 15.1. The van der Waals surface area contributed by atoms with Gasteiger partial charge in [-0.1, -0.05) is 62.4 Å². The molecule has 2 aromatic heterocycles. The number of aliphatic hydroxyl groups excluding tert-OH is 1. The third-order valence-corrected chi connectivity index (χ3v) is 9.12. The first-order valence-electron chi connectivity index (χ1n) is 16.9. The van der Waals surface area contributed by atoms with Crippen molar-refractivity contribution in [2.24, 2.45) is 11.8 Å². The number of benzene rings is 4. The van der Waals surface area contributed by atoms with Crippen molar-refractivity contribution in [2.75, 3.05) is 7.11 Å².